The van der Waals surface area contributed by atoms with Crippen molar-refractivity contribution in [2.75, 3.05) is 39.6 Å². The molecule has 0 spiro atoms. The summed E-state index contributed by atoms with van der Waals surface area (Å²) in [5, 5.41) is 208. The van der Waals surface area contributed by atoms with Gasteiger partial charge in [-0.05, 0) is 0 Å². The first-order chi connectivity index (χ1) is 31.7. The molecule has 0 aromatic rings. The minimum Gasteiger partial charge on any atom is -0.394 e. The van der Waals surface area contributed by atoms with Crippen LogP contribution in [0.3, 0.4) is 0 Å². The van der Waals surface area contributed by atoms with Gasteiger partial charge in [0, 0.05) is 0 Å². The average molecular weight is 991 g/mol. The first-order valence-electron chi connectivity index (χ1n) is 21.1. The van der Waals surface area contributed by atoms with E-state index in [1.165, 1.54) is 0 Å². The molecular weight excluding hydrogens is 928 g/mol. The molecule has 6 aliphatic rings. The van der Waals surface area contributed by atoms with E-state index in [-0.39, 0.29) is 0 Å². The van der Waals surface area contributed by atoms with E-state index >= 15 is 0 Å². The maximum absolute atomic E-state index is 11.2. The second-order valence-electron chi connectivity index (χ2n) is 16.8. The molecule has 0 radical (unpaired) electrons. The normalized spacial score (nSPS) is 53.4. The molecule has 6 rings (SSSR count). The van der Waals surface area contributed by atoms with E-state index < -0.39 is 224 Å². The maximum atomic E-state index is 11.2. The number of aliphatic hydroxyl groups excluding tert-OH is 20. The van der Waals surface area contributed by atoms with Crippen molar-refractivity contribution in [2.24, 2.45) is 0 Å². The van der Waals surface area contributed by atoms with Crippen LogP contribution in [-0.2, 0) is 52.1 Å². The lowest BCUT2D eigenvalue weighted by atomic mass is 9.96. The predicted molar refractivity (Wildman–Crippen MR) is 199 cm³/mol. The van der Waals surface area contributed by atoms with Gasteiger partial charge >= 0.3 is 0 Å². The van der Waals surface area contributed by atoms with E-state index in [2.05, 4.69) is 0 Å². The third-order valence-corrected chi connectivity index (χ3v) is 12.4. The Kier molecular flexibility index (Phi) is 19.4. The molecule has 0 aliphatic carbocycles. The molecule has 0 bridgehead atoms. The monoisotopic (exact) mass is 990 g/mol. The third kappa shape index (κ3) is 11.5. The Labute approximate surface area is 378 Å². The summed E-state index contributed by atoms with van der Waals surface area (Å²) < 4.78 is 60.2. The van der Waals surface area contributed by atoms with Crippen molar-refractivity contribution < 1.29 is 154 Å². The topological polar surface area (TPSA) is 506 Å². The van der Waals surface area contributed by atoms with Crippen LogP contribution < -0.4 is 0 Å². The number of ether oxygens (including phenoxy) is 11. The minimum absolute atomic E-state index is 0.692. The summed E-state index contributed by atoms with van der Waals surface area (Å²) in [5.41, 5.74) is 0. The zero-order valence-corrected chi connectivity index (χ0v) is 35.0. The van der Waals surface area contributed by atoms with Gasteiger partial charge in [0.2, 0.25) is 0 Å². The van der Waals surface area contributed by atoms with Crippen LogP contribution in [0.1, 0.15) is 0 Å². The Hall–Kier alpha value is -1.24. The van der Waals surface area contributed by atoms with Gasteiger partial charge in [0.15, 0.2) is 37.7 Å². The van der Waals surface area contributed by atoms with Gasteiger partial charge < -0.3 is 154 Å². The molecule has 67 heavy (non-hydrogen) atoms. The Morgan fingerprint density at radius 1 is 0.254 bits per heavy atom. The lowest BCUT2D eigenvalue weighted by Crippen LogP contribution is -2.67. The summed E-state index contributed by atoms with van der Waals surface area (Å²) >= 11 is 0. The van der Waals surface area contributed by atoms with Gasteiger partial charge in [0.05, 0.1) is 39.6 Å². The summed E-state index contributed by atoms with van der Waals surface area (Å²) in [6.07, 6.45) is -55.5. The fraction of sp³-hybridized carbons (Fsp3) is 1.00. The van der Waals surface area contributed by atoms with Crippen LogP contribution in [0, 0.1) is 0 Å². The Bertz CT molecular complexity index is 1500. The molecule has 6 saturated heterocycles. The van der Waals surface area contributed by atoms with Crippen molar-refractivity contribution in [1.29, 1.82) is 0 Å². The summed E-state index contributed by atoms with van der Waals surface area (Å²) in [7, 11) is 0. The van der Waals surface area contributed by atoms with E-state index in [4.69, 9.17) is 52.1 Å². The molecule has 1 unspecified atom stereocenters. The largest absolute Gasteiger partial charge is 0.394 e. The van der Waals surface area contributed by atoms with Gasteiger partial charge in [-0.15, -0.1) is 0 Å². The van der Waals surface area contributed by atoms with Crippen molar-refractivity contribution in [3.05, 3.63) is 0 Å². The highest BCUT2D eigenvalue weighted by atomic mass is 16.8. The van der Waals surface area contributed by atoms with Crippen molar-refractivity contribution >= 4 is 0 Å². The molecule has 31 heteroatoms. The zero-order chi connectivity index (χ0) is 49.3. The lowest BCUT2D eigenvalue weighted by Gasteiger charge is -2.48. The standard InChI is InChI=1S/C36H62O31/c37-1-7-13(41)17(45)23(51)34(60-7)65-28-8(2-38)62-33(26(54)19(28)47)58-6-12-15(43)18(46)24(52)35(64-12)66-30-10(4-40)63-36(27(55)21(30)49)67-29-9(3-39)61-32(25(53)20(29)48)57-5-11-14(42)16(44)22(50)31(56)59-11/h7-56H,1-6H2/t7-,8-,9-,10-,11-,12-,13-,14-,15-,16+,17+,18+,19-,20-,21-,22-,23-,24-,25-,26-,27-,28-,29-,30-,31?,32+,33+,34-,35-,36-/m1/s1. The molecule has 0 amide bonds. The van der Waals surface area contributed by atoms with Gasteiger partial charge in [-0.1, -0.05) is 0 Å². The van der Waals surface area contributed by atoms with Gasteiger partial charge in [-0.2, -0.15) is 0 Å². The van der Waals surface area contributed by atoms with Crippen LogP contribution in [0.15, 0.2) is 0 Å². The van der Waals surface area contributed by atoms with Crippen LogP contribution in [-0.4, -0.2) is 326 Å². The highest BCUT2D eigenvalue weighted by Gasteiger charge is 2.56. The second-order valence-corrected chi connectivity index (χ2v) is 16.8. The van der Waals surface area contributed by atoms with Crippen LogP contribution in [0.5, 0.6) is 0 Å². The second kappa shape index (κ2) is 23.5. The van der Waals surface area contributed by atoms with Gasteiger partial charge in [-0.3, -0.25) is 0 Å². The average Bonchev–Trinajstić information content (AvgIpc) is 3.32. The molecule has 30 atom stereocenters. The summed E-state index contributed by atoms with van der Waals surface area (Å²) in [5.74, 6) is 0. The molecule has 6 aliphatic heterocycles. The maximum Gasteiger partial charge on any atom is 0.187 e. The molecule has 392 valence electrons. The van der Waals surface area contributed by atoms with Crippen LogP contribution in [0.2, 0.25) is 0 Å². The molecule has 0 aromatic heterocycles. The minimum atomic E-state index is -2.15. The lowest BCUT2D eigenvalue weighted by molar-refractivity contribution is -0.384. The first kappa shape index (κ1) is 55.1. The van der Waals surface area contributed by atoms with Crippen molar-refractivity contribution in [2.45, 2.75) is 184 Å². The molecule has 6 heterocycles. The fourth-order valence-corrected chi connectivity index (χ4v) is 8.31. The number of rotatable bonds is 16. The number of hydrogen-bond acceptors (Lipinski definition) is 31. The highest BCUT2D eigenvalue weighted by Crippen LogP contribution is 2.35. The molecule has 0 saturated carbocycles. The fourth-order valence-electron chi connectivity index (χ4n) is 8.31. The molecule has 31 nitrogen and oxygen atoms in total. The zero-order valence-electron chi connectivity index (χ0n) is 35.0. The summed E-state index contributed by atoms with van der Waals surface area (Å²) in [6.45, 7) is -5.21. The quantitative estimate of drug-likeness (QED) is 0.0683. The van der Waals surface area contributed by atoms with E-state index in [0.717, 1.165) is 0 Å². The molecular formula is C36H62O31. The van der Waals surface area contributed by atoms with E-state index in [1.54, 1.807) is 0 Å². The van der Waals surface area contributed by atoms with Gasteiger partial charge in [0.25, 0.3) is 0 Å². The van der Waals surface area contributed by atoms with Crippen LogP contribution >= 0.6 is 0 Å². The van der Waals surface area contributed by atoms with Crippen LogP contribution in [0.4, 0.5) is 0 Å². The van der Waals surface area contributed by atoms with Crippen molar-refractivity contribution in [3.8, 4) is 0 Å². The van der Waals surface area contributed by atoms with Crippen molar-refractivity contribution in [3.63, 3.8) is 0 Å². The predicted octanol–water partition coefficient (Wildman–Crippen LogP) is -14.1. The SMILES string of the molecule is OC[C@H]1O[C@H](O[C@H]2[C@H](O)[C@@H](O)[C@@H](OC[C@H]3O[C@H](O[C@H]4[C@H](O)[C@@H](O)[C@@H](O[C@H]5[C@H](O)[C@@H](O)[C@@H](OC[C@H]6OC(O)[C@H](O)[C@@H](O)[C@@H]6O)O[C@@H]5CO)O[C@@H]4CO)[C@H](O)[C@@H](O)[C@@H]3O)O[C@@H]2CO)[C@H](O)[C@@H](O)[C@@H]1O. The molecule has 20 N–H and O–H groups in total. The Balaban J connectivity index is 1.04. The summed E-state index contributed by atoms with van der Waals surface area (Å²) in [4.78, 5) is 0. The van der Waals surface area contributed by atoms with Crippen molar-refractivity contribution in [1.82, 2.24) is 0 Å². The molecule has 0 aromatic carbocycles. The smallest absolute Gasteiger partial charge is 0.187 e. The Morgan fingerprint density at radius 2 is 0.522 bits per heavy atom. The van der Waals surface area contributed by atoms with Gasteiger partial charge in [-0.25, -0.2) is 0 Å². The number of aliphatic hydroxyl groups is 20. The molecule has 6 fully saturated rings. The van der Waals surface area contributed by atoms with E-state index in [0.29, 0.717) is 0 Å². The first-order valence-corrected chi connectivity index (χ1v) is 21.1. The van der Waals surface area contributed by atoms with Gasteiger partial charge in [0.1, 0.15) is 146 Å². The van der Waals surface area contributed by atoms with Crippen LogP contribution in [0.25, 0.3) is 0 Å². The summed E-state index contributed by atoms with van der Waals surface area (Å²) in [6, 6.07) is 0. The highest BCUT2D eigenvalue weighted by molar-refractivity contribution is 4.98. The van der Waals surface area contributed by atoms with E-state index in [9.17, 15) is 102 Å². The Morgan fingerprint density at radius 3 is 0.896 bits per heavy atom. The van der Waals surface area contributed by atoms with E-state index in [1.807, 2.05) is 0 Å². The number of hydrogen-bond donors (Lipinski definition) is 20. The third-order valence-electron chi connectivity index (χ3n) is 12.4.